The lowest BCUT2D eigenvalue weighted by molar-refractivity contribution is -0.112. The molecule has 0 aliphatic carbocycles. The van der Waals surface area contributed by atoms with Crippen LogP contribution in [-0.2, 0) is 4.79 Å². The molecule has 18 heavy (non-hydrogen) atoms. The summed E-state index contributed by atoms with van der Waals surface area (Å²) >= 11 is 0. The summed E-state index contributed by atoms with van der Waals surface area (Å²) in [7, 11) is 0. The van der Waals surface area contributed by atoms with Gasteiger partial charge in [0.1, 0.15) is 0 Å². The minimum Gasteiger partial charge on any atom is -0.366 e. The van der Waals surface area contributed by atoms with Gasteiger partial charge in [-0.15, -0.1) is 0 Å². The quantitative estimate of drug-likeness (QED) is 0.683. The van der Waals surface area contributed by atoms with Crippen LogP contribution in [0, 0.1) is 0 Å². The van der Waals surface area contributed by atoms with Crippen molar-refractivity contribution in [3.63, 3.8) is 0 Å². The first kappa shape index (κ1) is 12.3. The molecule has 1 aliphatic rings. The Labute approximate surface area is 105 Å². The van der Waals surface area contributed by atoms with Crippen LogP contribution in [0.25, 0.3) is 0 Å². The van der Waals surface area contributed by atoms with E-state index >= 15 is 0 Å². The zero-order chi connectivity index (χ0) is 13.1. The fourth-order valence-corrected chi connectivity index (χ4v) is 1.70. The molecule has 0 aromatic heterocycles. The van der Waals surface area contributed by atoms with E-state index in [0.29, 0.717) is 16.8 Å². The van der Waals surface area contributed by atoms with Gasteiger partial charge in [-0.1, -0.05) is 12.1 Å². The Hall–Kier alpha value is -2.14. The fraction of sp³-hybridized carbons (Fsp3) is 0.231. The van der Waals surface area contributed by atoms with Crippen LogP contribution in [0.5, 0.6) is 0 Å². The second-order valence-electron chi connectivity index (χ2n) is 4.20. The molecule has 0 bridgehead atoms. The topological polar surface area (TPSA) is 84.2 Å². The molecule has 0 saturated carbocycles. The molecule has 1 fully saturated rings. The summed E-state index contributed by atoms with van der Waals surface area (Å²) in [4.78, 5) is 23.2. The van der Waals surface area contributed by atoms with Crippen molar-refractivity contribution in [3.8, 4) is 0 Å². The molecule has 5 heteroatoms. The lowest BCUT2D eigenvalue weighted by atomic mass is 10.0. The molecule has 0 radical (unpaired) electrons. The minimum absolute atomic E-state index is 0.194. The number of hydrogen-bond acceptors (Lipinski definition) is 3. The number of para-hydroxylation sites is 1. The third-order valence-electron chi connectivity index (χ3n) is 2.99. The minimum atomic E-state index is -0.554. The van der Waals surface area contributed by atoms with Gasteiger partial charge in [0.05, 0.1) is 11.3 Å². The van der Waals surface area contributed by atoms with Crippen molar-refractivity contribution in [3.05, 3.63) is 41.0 Å². The Bertz CT molecular complexity index is 529. The van der Waals surface area contributed by atoms with Crippen LogP contribution in [0.2, 0.25) is 0 Å². The largest absolute Gasteiger partial charge is 0.366 e. The number of amides is 2. The number of anilines is 1. The fourth-order valence-electron chi connectivity index (χ4n) is 1.70. The van der Waals surface area contributed by atoms with Crippen LogP contribution in [0.4, 0.5) is 5.69 Å². The van der Waals surface area contributed by atoms with Crippen LogP contribution < -0.4 is 16.4 Å². The molecule has 1 heterocycles. The molecule has 0 atom stereocenters. The van der Waals surface area contributed by atoms with Gasteiger partial charge >= 0.3 is 0 Å². The van der Waals surface area contributed by atoms with E-state index in [9.17, 15) is 9.59 Å². The second kappa shape index (κ2) is 5.01. The van der Waals surface area contributed by atoms with E-state index < -0.39 is 5.91 Å². The molecule has 4 N–H and O–H groups in total. The molecule has 1 saturated heterocycles. The zero-order valence-corrected chi connectivity index (χ0v) is 10.1. The second-order valence-corrected chi connectivity index (χ2v) is 4.20. The predicted molar refractivity (Wildman–Crippen MR) is 69.2 cm³/mol. The zero-order valence-electron chi connectivity index (χ0n) is 10.1. The SMILES string of the molecule is CC(C(=O)Nc1ccccc1C(N)=O)=C1CNC1. The molecule has 0 unspecified atom stereocenters. The number of primary amides is 1. The Kier molecular flexibility index (Phi) is 3.43. The number of nitrogens with two attached hydrogens (primary N) is 1. The van der Waals surface area contributed by atoms with E-state index in [1.54, 1.807) is 31.2 Å². The van der Waals surface area contributed by atoms with E-state index in [1.165, 1.54) is 0 Å². The summed E-state index contributed by atoms with van der Waals surface area (Å²) in [5, 5.41) is 5.79. The predicted octanol–water partition coefficient (Wildman–Crippen LogP) is 0.644. The van der Waals surface area contributed by atoms with Crippen molar-refractivity contribution >= 4 is 17.5 Å². The number of carbonyl (C=O) groups excluding carboxylic acids is 2. The number of hydrogen-bond donors (Lipinski definition) is 3. The van der Waals surface area contributed by atoms with E-state index in [4.69, 9.17) is 5.73 Å². The van der Waals surface area contributed by atoms with Crippen LogP contribution in [0.15, 0.2) is 35.4 Å². The van der Waals surface area contributed by atoms with Gasteiger partial charge in [-0.05, 0) is 24.6 Å². The molecular weight excluding hydrogens is 230 g/mol. The van der Waals surface area contributed by atoms with Crippen molar-refractivity contribution in [2.45, 2.75) is 6.92 Å². The molecular formula is C13H15N3O2. The summed E-state index contributed by atoms with van der Waals surface area (Å²) in [5.74, 6) is -0.748. The highest BCUT2D eigenvalue weighted by Gasteiger charge is 2.17. The molecule has 1 aliphatic heterocycles. The first-order valence-electron chi connectivity index (χ1n) is 5.69. The van der Waals surface area contributed by atoms with Crippen molar-refractivity contribution in [1.82, 2.24) is 5.32 Å². The highest BCUT2D eigenvalue weighted by Crippen LogP contribution is 2.17. The van der Waals surface area contributed by atoms with Gasteiger partial charge in [0.2, 0.25) is 0 Å². The maximum atomic E-state index is 12.0. The smallest absolute Gasteiger partial charge is 0.251 e. The van der Waals surface area contributed by atoms with Crippen molar-refractivity contribution < 1.29 is 9.59 Å². The van der Waals surface area contributed by atoms with Crippen molar-refractivity contribution in [1.29, 1.82) is 0 Å². The third kappa shape index (κ3) is 2.41. The van der Waals surface area contributed by atoms with Gasteiger partial charge in [-0.2, -0.15) is 0 Å². The van der Waals surface area contributed by atoms with E-state index in [-0.39, 0.29) is 5.91 Å². The van der Waals surface area contributed by atoms with Crippen LogP contribution in [0.3, 0.4) is 0 Å². The Morgan fingerprint density at radius 3 is 2.50 bits per heavy atom. The van der Waals surface area contributed by atoms with Crippen LogP contribution in [0.1, 0.15) is 17.3 Å². The highest BCUT2D eigenvalue weighted by atomic mass is 16.2. The third-order valence-corrected chi connectivity index (χ3v) is 2.99. The molecule has 0 spiro atoms. The molecule has 2 amide bonds. The molecule has 1 aromatic carbocycles. The normalized spacial score (nSPS) is 13.7. The number of rotatable bonds is 3. The van der Waals surface area contributed by atoms with Gasteiger partial charge in [-0.25, -0.2) is 0 Å². The molecule has 5 nitrogen and oxygen atoms in total. The summed E-state index contributed by atoms with van der Waals surface area (Å²) in [6.45, 7) is 3.27. The van der Waals surface area contributed by atoms with Gasteiger partial charge in [0, 0.05) is 18.7 Å². The maximum absolute atomic E-state index is 12.0. The van der Waals surface area contributed by atoms with E-state index in [1.807, 2.05) is 0 Å². The first-order chi connectivity index (χ1) is 8.59. The van der Waals surface area contributed by atoms with Gasteiger partial charge in [-0.3, -0.25) is 9.59 Å². The van der Waals surface area contributed by atoms with Crippen molar-refractivity contribution in [2.75, 3.05) is 18.4 Å². The number of nitrogens with one attached hydrogen (secondary N) is 2. The van der Waals surface area contributed by atoms with E-state index in [2.05, 4.69) is 10.6 Å². The summed E-state index contributed by atoms with van der Waals surface area (Å²) < 4.78 is 0. The average molecular weight is 245 g/mol. The Balaban J connectivity index is 2.19. The Morgan fingerprint density at radius 2 is 1.94 bits per heavy atom. The molecule has 2 rings (SSSR count). The molecule has 94 valence electrons. The van der Waals surface area contributed by atoms with Crippen LogP contribution >= 0.6 is 0 Å². The maximum Gasteiger partial charge on any atom is 0.251 e. The highest BCUT2D eigenvalue weighted by molar-refractivity contribution is 6.08. The van der Waals surface area contributed by atoms with Gasteiger partial charge in [0.25, 0.3) is 11.8 Å². The monoisotopic (exact) mass is 245 g/mol. The van der Waals surface area contributed by atoms with E-state index in [0.717, 1.165) is 18.7 Å². The summed E-state index contributed by atoms with van der Waals surface area (Å²) in [5.41, 5.74) is 7.79. The van der Waals surface area contributed by atoms with Gasteiger partial charge < -0.3 is 16.4 Å². The lowest BCUT2D eigenvalue weighted by Gasteiger charge is -2.21. The number of carbonyl (C=O) groups is 2. The Morgan fingerprint density at radius 1 is 1.28 bits per heavy atom. The summed E-state index contributed by atoms with van der Waals surface area (Å²) in [6, 6.07) is 6.70. The average Bonchev–Trinajstić information content (AvgIpc) is 2.27. The first-order valence-corrected chi connectivity index (χ1v) is 5.69. The van der Waals surface area contributed by atoms with Gasteiger partial charge in [0.15, 0.2) is 0 Å². The lowest BCUT2D eigenvalue weighted by Crippen LogP contribution is -2.36. The standard InChI is InChI=1S/C13H15N3O2/c1-8(9-6-15-7-9)13(18)16-11-5-3-2-4-10(11)12(14)17/h2-5,15H,6-7H2,1H3,(H2,14,17)(H,16,18). The summed E-state index contributed by atoms with van der Waals surface area (Å²) in [6.07, 6.45) is 0. The number of benzene rings is 1. The molecule has 1 aromatic rings. The van der Waals surface area contributed by atoms with Crippen molar-refractivity contribution in [2.24, 2.45) is 5.73 Å². The van der Waals surface area contributed by atoms with Crippen LogP contribution in [-0.4, -0.2) is 24.9 Å².